The number of carbonyl (C=O) groups excluding carboxylic acids is 2. The summed E-state index contributed by atoms with van der Waals surface area (Å²) in [5, 5.41) is 18.5. The molecule has 0 bridgehead atoms. The molecule has 1 aliphatic rings. The summed E-state index contributed by atoms with van der Waals surface area (Å²) in [6.45, 7) is 4.43. The van der Waals surface area contributed by atoms with Crippen LogP contribution < -0.4 is 0 Å². The van der Waals surface area contributed by atoms with E-state index in [9.17, 15) is 14.7 Å². The van der Waals surface area contributed by atoms with Gasteiger partial charge in [0.05, 0.1) is 22.9 Å². The number of Topliss-reactive ketones (excluding diaryl/α,β-unsaturated/α-hetero) is 1. The second-order valence-corrected chi connectivity index (χ2v) is 7.59. The summed E-state index contributed by atoms with van der Waals surface area (Å²) >= 11 is 6.01. The highest BCUT2D eigenvalue weighted by molar-refractivity contribution is 6.46. The SMILES string of the molecule is Cc1n[nH]c(C)c1/C(O)=C1\C(=O)C(=O)N(CCN(C)C)[C@H]1c1ccc(Cl)cc1. The third kappa shape index (κ3) is 3.55. The lowest BCUT2D eigenvalue weighted by atomic mass is 9.95. The van der Waals surface area contributed by atoms with E-state index >= 15 is 0 Å². The highest BCUT2D eigenvalue weighted by Crippen LogP contribution is 2.40. The molecule has 2 heterocycles. The number of H-pyrrole nitrogens is 1. The third-order valence-corrected chi connectivity index (χ3v) is 5.13. The third-order valence-electron chi connectivity index (χ3n) is 4.88. The number of carbonyl (C=O) groups is 2. The summed E-state index contributed by atoms with van der Waals surface area (Å²) in [6.07, 6.45) is 0. The summed E-state index contributed by atoms with van der Waals surface area (Å²) in [5.74, 6) is -1.53. The van der Waals surface area contributed by atoms with Crippen molar-refractivity contribution in [1.82, 2.24) is 20.0 Å². The molecule has 0 unspecified atom stereocenters. The van der Waals surface area contributed by atoms with Crippen molar-refractivity contribution in [2.45, 2.75) is 19.9 Å². The molecule has 8 heteroatoms. The lowest BCUT2D eigenvalue weighted by Crippen LogP contribution is -2.35. The van der Waals surface area contributed by atoms with Gasteiger partial charge < -0.3 is 14.9 Å². The van der Waals surface area contributed by atoms with Crippen LogP contribution in [0.25, 0.3) is 5.76 Å². The van der Waals surface area contributed by atoms with Crippen LogP contribution in [0.4, 0.5) is 0 Å². The molecule has 0 radical (unpaired) electrons. The molecule has 1 atom stereocenters. The number of hydrogen-bond donors (Lipinski definition) is 2. The van der Waals surface area contributed by atoms with Crippen LogP contribution in [0.3, 0.4) is 0 Å². The fraction of sp³-hybridized carbons (Fsp3) is 0.350. The van der Waals surface area contributed by atoms with E-state index in [1.54, 1.807) is 38.1 Å². The molecule has 1 fully saturated rings. The van der Waals surface area contributed by atoms with Crippen molar-refractivity contribution < 1.29 is 14.7 Å². The van der Waals surface area contributed by atoms with E-state index in [1.807, 2.05) is 19.0 Å². The number of benzene rings is 1. The number of hydrogen-bond acceptors (Lipinski definition) is 5. The van der Waals surface area contributed by atoms with Gasteiger partial charge in [-0.2, -0.15) is 5.10 Å². The molecule has 7 nitrogen and oxygen atoms in total. The normalized spacial score (nSPS) is 19.1. The second kappa shape index (κ2) is 7.77. The van der Waals surface area contributed by atoms with Crippen molar-refractivity contribution in [2.24, 2.45) is 0 Å². The maximum absolute atomic E-state index is 12.9. The van der Waals surface area contributed by atoms with Gasteiger partial charge in [-0.1, -0.05) is 23.7 Å². The predicted molar refractivity (Wildman–Crippen MR) is 107 cm³/mol. The lowest BCUT2D eigenvalue weighted by Gasteiger charge is -2.26. The Morgan fingerprint density at radius 2 is 1.89 bits per heavy atom. The van der Waals surface area contributed by atoms with Crippen LogP contribution in [0.5, 0.6) is 0 Å². The Morgan fingerprint density at radius 3 is 2.43 bits per heavy atom. The topological polar surface area (TPSA) is 89.5 Å². The van der Waals surface area contributed by atoms with Crippen LogP contribution in [0.1, 0.15) is 28.6 Å². The Balaban J connectivity index is 2.18. The summed E-state index contributed by atoms with van der Waals surface area (Å²) in [6, 6.07) is 6.26. The first kappa shape index (κ1) is 20.1. The van der Waals surface area contributed by atoms with Crippen LogP contribution in [0, 0.1) is 13.8 Å². The van der Waals surface area contributed by atoms with Gasteiger partial charge in [0.15, 0.2) is 0 Å². The number of aromatic nitrogens is 2. The molecule has 1 aromatic heterocycles. The van der Waals surface area contributed by atoms with E-state index in [1.165, 1.54) is 4.90 Å². The Kier molecular flexibility index (Phi) is 5.58. The van der Waals surface area contributed by atoms with Gasteiger partial charge >= 0.3 is 0 Å². The average molecular weight is 403 g/mol. The first-order valence-electron chi connectivity index (χ1n) is 8.93. The van der Waals surface area contributed by atoms with Gasteiger partial charge in [0, 0.05) is 23.8 Å². The number of halogens is 1. The van der Waals surface area contributed by atoms with E-state index in [-0.39, 0.29) is 11.3 Å². The van der Waals surface area contributed by atoms with Gasteiger partial charge in [-0.15, -0.1) is 0 Å². The molecule has 0 saturated carbocycles. The number of aromatic amines is 1. The van der Waals surface area contributed by atoms with Gasteiger partial charge in [0.2, 0.25) is 0 Å². The lowest BCUT2D eigenvalue weighted by molar-refractivity contribution is -0.140. The number of nitrogens with one attached hydrogen (secondary N) is 1. The Bertz CT molecular complexity index is 927. The van der Waals surface area contributed by atoms with Crippen molar-refractivity contribution in [1.29, 1.82) is 0 Å². The minimum Gasteiger partial charge on any atom is -0.507 e. The zero-order chi connectivity index (χ0) is 20.6. The first-order chi connectivity index (χ1) is 13.2. The van der Waals surface area contributed by atoms with Crippen molar-refractivity contribution in [3.05, 3.63) is 57.4 Å². The number of likely N-dealkylation sites (tertiary alicyclic amines) is 1. The predicted octanol–water partition coefficient (Wildman–Crippen LogP) is 2.66. The first-order valence-corrected chi connectivity index (χ1v) is 9.30. The van der Waals surface area contributed by atoms with Gasteiger partial charge in [-0.25, -0.2) is 0 Å². The van der Waals surface area contributed by atoms with Gasteiger partial charge in [-0.3, -0.25) is 14.7 Å². The van der Waals surface area contributed by atoms with E-state index in [0.717, 1.165) is 0 Å². The largest absolute Gasteiger partial charge is 0.507 e. The molecule has 1 amide bonds. The molecule has 2 N–H and O–H groups in total. The minimum atomic E-state index is -0.698. The van der Waals surface area contributed by atoms with Crippen LogP contribution in [0.2, 0.25) is 5.02 Å². The zero-order valence-electron chi connectivity index (χ0n) is 16.3. The van der Waals surface area contributed by atoms with Crippen molar-refractivity contribution >= 4 is 29.1 Å². The monoisotopic (exact) mass is 402 g/mol. The molecular formula is C20H23ClN4O3. The van der Waals surface area contributed by atoms with Crippen molar-refractivity contribution in [3.63, 3.8) is 0 Å². The van der Waals surface area contributed by atoms with Crippen LogP contribution in [-0.4, -0.2) is 64.0 Å². The fourth-order valence-electron chi connectivity index (χ4n) is 3.44. The highest BCUT2D eigenvalue weighted by atomic mass is 35.5. The summed E-state index contributed by atoms with van der Waals surface area (Å²) in [7, 11) is 3.79. The molecule has 1 aromatic carbocycles. The molecule has 1 saturated heterocycles. The average Bonchev–Trinajstić information content (AvgIpc) is 3.10. The minimum absolute atomic E-state index is 0.0682. The number of likely N-dealkylation sites (N-methyl/N-ethyl adjacent to an activating group) is 1. The van der Waals surface area contributed by atoms with Crippen LogP contribution in [0.15, 0.2) is 29.8 Å². The van der Waals surface area contributed by atoms with Crippen molar-refractivity contribution in [2.75, 3.05) is 27.2 Å². The Hall–Kier alpha value is -2.64. The summed E-state index contributed by atoms with van der Waals surface area (Å²) in [5.41, 5.74) is 2.42. The van der Waals surface area contributed by atoms with Gasteiger partial charge in [-0.05, 0) is 45.6 Å². The van der Waals surface area contributed by atoms with E-state index in [0.29, 0.717) is 40.6 Å². The quantitative estimate of drug-likeness (QED) is 0.456. The van der Waals surface area contributed by atoms with Gasteiger partial charge in [0.25, 0.3) is 11.7 Å². The summed E-state index contributed by atoms with van der Waals surface area (Å²) in [4.78, 5) is 29.1. The van der Waals surface area contributed by atoms with Crippen LogP contribution >= 0.6 is 11.6 Å². The molecule has 1 aliphatic heterocycles. The van der Waals surface area contributed by atoms with E-state index in [4.69, 9.17) is 11.6 Å². The number of amides is 1. The smallest absolute Gasteiger partial charge is 0.295 e. The molecular weight excluding hydrogens is 380 g/mol. The zero-order valence-corrected chi connectivity index (χ0v) is 17.0. The number of ketones is 1. The molecule has 0 spiro atoms. The number of nitrogens with zero attached hydrogens (tertiary/aromatic N) is 3. The maximum Gasteiger partial charge on any atom is 0.295 e. The fourth-order valence-corrected chi connectivity index (χ4v) is 3.57. The number of aliphatic hydroxyl groups excluding tert-OH is 1. The Labute approximate surface area is 168 Å². The second-order valence-electron chi connectivity index (χ2n) is 7.16. The molecule has 0 aliphatic carbocycles. The number of aliphatic hydroxyl groups is 1. The molecule has 148 valence electrons. The number of aryl methyl sites for hydroxylation is 2. The van der Waals surface area contributed by atoms with E-state index < -0.39 is 17.7 Å². The highest BCUT2D eigenvalue weighted by Gasteiger charge is 2.46. The Morgan fingerprint density at radius 1 is 1.25 bits per heavy atom. The van der Waals surface area contributed by atoms with Gasteiger partial charge in [0.1, 0.15) is 5.76 Å². The standard InChI is InChI=1S/C20H23ClN4O3/c1-11-15(12(2)23-22-11)18(26)16-17(13-5-7-14(21)8-6-13)25(10-9-24(3)4)20(28)19(16)27/h5-8,17,26H,9-10H2,1-4H3,(H,22,23)/b18-16+/t17-/m0/s1. The van der Waals surface area contributed by atoms with E-state index in [2.05, 4.69) is 10.2 Å². The molecule has 2 aromatic rings. The molecule has 28 heavy (non-hydrogen) atoms. The summed E-state index contributed by atoms with van der Waals surface area (Å²) < 4.78 is 0. The maximum atomic E-state index is 12.9. The van der Waals surface area contributed by atoms with Crippen LogP contribution in [-0.2, 0) is 9.59 Å². The molecule has 3 rings (SSSR count). The van der Waals surface area contributed by atoms with Crippen molar-refractivity contribution in [3.8, 4) is 0 Å². The number of rotatable bonds is 5.